The van der Waals surface area contributed by atoms with Gasteiger partial charge in [-0.2, -0.15) is 0 Å². The van der Waals surface area contributed by atoms with Gasteiger partial charge in [-0.15, -0.1) is 0 Å². The summed E-state index contributed by atoms with van der Waals surface area (Å²) in [5.74, 6) is -0.216. The highest BCUT2D eigenvalue weighted by Gasteiger charge is 2.12. The third-order valence-electron chi connectivity index (χ3n) is 2.85. The summed E-state index contributed by atoms with van der Waals surface area (Å²) in [6.07, 6.45) is 0.574. The minimum atomic E-state index is -0.355. The van der Waals surface area contributed by atoms with Crippen LogP contribution in [0.3, 0.4) is 0 Å². The molecule has 1 N–H and O–H groups in total. The van der Waals surface area contributed by atoms with Crippen LogP contribution in [0.1, 0.15) is 15.9 Å². The van der Waals surface area contributed by atoms with Gasteiger partial charge in [0.1, 0.15) is 5.75 Å². The Morgan fingerprint density at radius 1 is 1.23 bits per heavy atom. The largest absolute Gasteiger partial charge is 0.481 e. The number of aldehydes is 1. The standard InChI is InChI=1S/C16H13Cl2NO3/c1-10-2-4-13(5-3-10)19-15(21)9-22-16-11(8-20)6-12(17)7-14(16)18/h2-8H,9H2,1H3,(H,19,21). The van der Waals surface area contributed by atoms with Gasteiger partial charge in [-0.05, 0) is 31.2 Å². The number of anilines is 1. The highest BCUT2D eigenvalue weighted by Crippen LogP contribution is 2.31. The number of carbonyl (C=O) groups excluding carboxylic acids is 2. The molecule has 0 unspecified atom stereocenters. The van der Waals surface area contributed by atoms with Crippen molar-refractivity contribution in [3.8, 4) is 5.75 Å². The van der Waals surface area contributed by atoms with Gasteiger partial charge in [-0.3, -0.25) is 9.59 Å². The molecule has 22 heavy (non-hydrogen) atoms. The number of halogens is 2. The van der Waals surface area contributed by atoms with Gasteiger partial charge in [0.25, 0.3) is 5.91 Å². The molecule has 0 fully saturated rings. The molecule has 0 atom stereocenters. The molecule has 0 saturated heterocycles. The number of nitrogens with one attached hydrogen (secondary N) is 1. The molecule has 0 bridgehead atoms. The lowest BCUT2D eigenvalue weighted by Gasteiger charge is -2.11. The number of benzene rings is 2. The van der Waals surface area contributed by atoms with E-state index >= 15 is 0 Å². The molecule has 2 aromatic rings. The molecule has 4 nitrogen and oxygen atoms in total. The van der Waals surface area contributed by atoms with E-state index in [2.05, 4.69) is 5.32 Å². The van der Waals surface area contributed by atoms with Crippen LogP contribution in [-0.2, 0) is 4.79 Å². The van der Waals surface area contributed by atoms with Crippen molar-refractivity contribution in [3.05, 3.63) is 57.6 Å². The molecule has 0 aliphatic carbocycles. The van der Waals surface area contributed by atoms with E-state index in [1.54, 1.807) is 12.1 Å². The fraction of sp³-hybridized carbons (Fsp3) is 0.125. The molecule has 0 heterocycles. The Morgan fingerprint density at radius 2 is 1.91 bits per heavy atom. The smallest absolute Gasteiger partial charge is 0.262 e. The lowest BCUT2D eigenvalue weighted by Crippen LogP contribution is -2.20. The van der Waals surface area contributed by atoms with Gasteiger partial charge in [0.05, 0.1) is 10.6 Å². The van der Waals surface area contributed by atoms with Gasteiger partial charge in [-0.1, -0.05) is 40.9 Å². The van der Waals surface area contributed by atoms with E-state index in [1.165, 1.54) is 12.1 Å². The molecule has 0 spiro atoms. The molecule has 2 rings (SSSR count). The number of hydrogen-bond acceptors (Lipinski definition) is 3. The monoisotopic (exact) mass is 337 g/mol. The van der Waals surface area contributed by atoms with E-state index in [0.29, 0.717) is 17.0 Å². The SMILES string of the molecule is Cc1ccc(NC(=O)COc2c(Cl)cc(Cl)cc2C=O)cc1. The average Bonchev–Trinajstić information content (AvgIpc) is 2.48. The topological polar surface area (TPSA) is 55.4 Å². The van der Waals surface area contributed by atoms with Gasteiger partial charge in [0.15, 0.2) is 12.9 Å². The lowest BCUT2D eigenvalue weighted by atomic mass is 10.2. The number of aryl methyl sites for hydroxylation is 1. The van der Waals surface area contributed by atoms with Crippen LogP contribution >= 0.6 is 23.2 Å². The average molecular weight is 338 g/mol. The van der Waals surface area contributed by atoms with E-state index < -0.39 is 0 Å². The van der Waals surface area contributed by atoms with Crippen LogP contribution in [0.2, 0.25) is 10.0 Å². The first-order chi connectivity index (χ1) is 10.5. The first kappa shape index (κ1) is 16.3. The quantitative estimate of drug-likeness (QED) is 0.834. The Morgan fingerprint density at radius 3 is 2.55 bits per heavy atom. The van der Waals surface area contributed by atoms with E-state index in [0.717, 1.165) is 5.56 Å². The van der Waals surface area contributed by atoms with Crippen molar-refractivity contribution in [2.45, 2.75) is 6.92 Å². The van der Waals surface area contributed by atoms with Gasteiger partial charge in [0.2, 0.25) is 0 Å². The molecular weight excluding hydrogens is 325 g/mol. The number of carbonyl (C=O) groups is 2. The summed E-state index contributed by atoms with van der Waals surface area (Å²) in [7, 11) is 0. The Kier molecular flexibility index (Phi) is 5.41. The summed E-state index contributed by atoms with van der Waals surface area (Å²) < 4.78 is 5.34. The van der Waals surface area contributed by atoms with E-state index in [4.69, 9.17) is 27.9 Å². The Bertz CT molecular complexity index is 699. The zero-order valence-corrected chi connectivity index (χ0v) is 13.2. The van der Waals surface area contributed by atoms with Crippen LogP contribution < -0.4 is 10.1 Å². The maximum absolute atomic E-state index is 11.9. The number of hydrogen-bond donors (Lipinski definition) is 1. The van der Waals surface area contributed by atoms with Gasteiger partial charge >= 0.3 is 0 Å². The summed E-state index contributed by atoms with van der Waals surface area (Å²) in [6, 6.07) is 10.2. The van der Waals surface area contributed by atoms with E-state index in [-0.39, 0.29) is 28.8 Å². The van der Waals surface area contributed by atoms with Crippen LogP contribution in [0.15, 0.2) is 36.4 Å². The first-order valence-electron chi connectivity index (χ1n) is 6.43. The molecular formula is C16H13Cl2NO3. The van der Waals surface area contributed by atoms with Crippen molar-refractivity contribution in [3.63, 3.8) is 0 Å². The minimum Gasteiger partial charge on any atom is -0.481 e. The lowest BCUT2D eigenvalue weighted by molar-refractivity contribution is -0.118. The molecule has 114 valence electrons. The summed E-state index contributed by atoms with van der Waals surface area (Å²) in [6.45, 7) is 1.69. The van der Waals surface area contributed by atoms with Crippen LogP contribution in [0.4, 0.5) is 5.69 Å². The molecule has 0 aliphatic rings. The first-order valence-corrected chi connectivity index (χ1v) is 7.18. The predicted octanol–water partition coefficient (Wildman–Crippen LogP) is 4.13. The number of rotatable bonds is 5. The van der Waals surface area contributed by atoms with Crippen LogP contribution in [-0.4, -0.2) is 18.8 Å². The second-order valence-corrected chi connectivity index (χ2v) is 5.47. The molecule has 6 heteroatoms. The second kappa shape index (κ2) is 7.29. The maximum atomic E-state index is 11.9. The number of amides is 1. The van der Waals surface area contributed by atoms with Crippen molar-refractivity contribution >= 4 is 41.1 Å². The maximum Gasteiger partial charge on any atom is 0.262 e. The van der Waals surface area contributed by atoms with Gasteiger partial charge in [-0.25, -0.2) is 0 Å². The fourth-order valence-electron chi connectivity index (χ4n) is 1.79. The zero-order valence-electron chi connectivity index (χ0n) is 11.7. The molecule has 0 aliphatic heterocycles. The van der Waals surface area contributed by atoms with Gasteiger partial charge in [0, 0.05) is 10.7 Å². The third-order valence-corrected chi connectivity index (χ3v) is 3.35. The molecule has 2 aromatic carbocycles. The van der Waals surface area contributed by atoms with Crippen molar-refractivity contribution < 1.29 is 14.3 Å². The zero-order chi connectivity index (χ0) is 16.1. The molecule has 0 saturated carbocycles. The van der Waals surface area contributed by atoms with Crippen molar-refractivity contribution in [1.82, 2.24) is 0 Å². The highest BCUT2D eigenvalue weighted by atomic mass is 35.5. The Hall–Kier alpha value is -2.04. The Balaban J connectivity index is 2.02. The highest BCUT2D eigenvalue weighted by molar-refractivity contribution is 6.36. The minimum absolute atomic E-state index is 0.139. The predicted molar refractivity (Wildman–Crippen MR) is 87.2 cm³/mol. The van der Waals surface area contributed by atoms with E-state index in [1.807, 2.05) is 19.1 Å². The summed E-state index contributed by atoms with van der Waals surface area (Å²) in [5.41, 5.74) is 1.95. The van der Waals surface area contributed by atoms with E-state index in [9.17, 15) is 9.59 Å². The van der Waals surface area contributed by atoms with Crippen LogP contribution in [0.25, 0.3) is 0 Å². The molecule has 0 radical (unpaired) electrons. The summed E-state index contributed by atoms with van der Waals surface area (Å²) in [4.78, 5) is 22.9. The Labute approximate surface area is 138 Å². The molecule has 1 amide bonds. The molecule has 0 aromatic heterocycles. The van der Waals surface area contributed by atoms with Gasteiger partial charge < -0.3 is 10.1 Å². The normalized spacial score (nSPS) is 10.1. The third kappa shape index (κ3) is 4.23. The van der Waals surface area contributed by atoms with Crippen molar-refractivity contribution in [2.75, 3.05) is 11.9 Å². The van der Waals surface area contributed by atoms with Crippen LogP contribution in [0, 0.1) is 6.92 Å². The van der Waals surface area contributed by atoms with Crippen LogP contribution in [0.5, 0.6) is 5.75 Å². The number of ether oxygens (including phenoxy) is 1. The van der Waals surface area contributed by atoms with Crippen molar-refractivity contribution in [2.24, 2.45) is 0 Å². The summed E-state index contributed by atoms with van der Waals surface area (Å²) >= 11 is 11.8. The second-order valence-electron chi connectivity index (χ2n) is 4.63. The fourth-order valence-corrected chi connectivity index (χ4v) is 2.36. The van der Waals surface area contributed by atoms with Crippen molar-refractivity contribution in [1.29, 1.82) is 0 Å². The summed E-state index contributed by atoms with van der Waals surface area (Å²) in [5, 5.41) is 3.19.